The van der Waals surface area contributed by atoms with Gasteiger partial charge in [-0.1, -0.05) is 30.3 Å². The molecule has 0 unspecified atom stereocenters. The summed E-state index contributed by atoms with van der Waals surface area (Å²) in [5, 5.41) is 0. The van der Waals surface area contributed by atoms with Gasteiger partial charge in [0.1, 0.15) is 18.2 Å². The normalized spacial score (nSPS) is 15.2. The van der Waals surface area contributed by atoms with Gasteiger partial charge in [0.15, 0.2) is 0 Å². The molecule has 2 aromatic rings. The largest absolute Gasteiger partial charge is 0.488 e. The molecule has 0 radical (unpaired) electrons. The molecular weight excluding hydrogens is 277 g/mol. The van der Waals surface area contributed by atoms with Gasteiger partial charge in [0.25, 0.3) is 0 Å². The van der Waals surface area contributed by atoms with E-state index >= 15 is 0 Å². The number of benzene rings is 2. The van der Waals surface area contributed by atoms with Crippen LogP contribution in [0, 0.1) is 5.82 Å². The number of ether oxygens (including phenoxy) is 1. The summed E-state index contributed by atoms with van der Waals surface area (Å²) in [6.07, 6.45) is 3.10. The SMILES string of the molecule is CN(C)CC/C=C1/c2ccccc2COc2ccc(F)cc21. The molecule has 0 aromatic heterocycles. The summed E-state index contributed by atoms with van der Waals surface area (Å²) < 4.78 is 19.6. The zero-order valence-corrected chi connectivity index (χ0v) is 13.0. The predicted octanol–water partition coefficient (Wildman–Crippen LogP) is 4.10. The van der Waals surface area contributed by atoms with Gasteiger partial charge in [-0.15, -0.1) is 0 Å². The first kappa shape index (κ1) is 14.8. The maximum Gasteiger partial charge on any atom is 0.127 e. The van der Waals surface area contributed by atoms with Gasteiger partial charge in [0.05, 0.1) is 0 Å². The Kier molecular flexibility index (Phi) is 4.25. The fraction of sp³-hybridized carbons (Fsp3) is 0.263. The van der Waals surface area contributed by atoms with Gasteiger partial charge >= 0.3 is 0 Å². The molecule has 3 rings (SSSR count). The van der Waals surface area contributed by atoms with E-state index in [0.29, 0.717) is 6.61 Å². The highest BCUT2D eigenvalue weighted by molar-refractivity contribution is 5.84. The zero-order valence-electron chi connectivity index (χ0n) is 13.0. The van der Waals surface area contributed by atoms with Crippen LogP contribution in [-0.4, -0.2) is 25.5 Å². The monoisotopic (exact) mass is 297 g/mol. The Morgan fingerprint density at radius 2 is 1.95 bits per heavy atom. The van der Waals surface area contributed by atoms with Crippen LogP contribution in [0.1, 0.15) is 23.1 Å². The Balaban J connectivity index is 2.10. The van der Waals surface area contributed by atoms with E-state index in [9.17, 15) is 4.39 Å². The lowest BCUT2D eigenvalue weighted by atomic mass is 9.93. The molecule has 2 nitrogen and oxygen atoms in total. The van der Waals surface area contributed by atoms with Gasteiger partial charge in [0.2, 0.25) is 0 Å². The van der Waals surface area contributed by atoms with E-state index in [4.69, 9.17) is 4.74 Å². The third-order valence-corrected chi connectivity index (χ3v) is 3.85. The average Bonchev–Trinajstić information content (AvgIpc) is 2.65. The molecule has 1 heterocycles. The van der Waals surface area contributed by atoms with Crippen molar-refractivity contribution in [2.45, 2.75) is 13.0 Å². The Bertz CT molecular complexity index is 706. The van der Waals surface area contributed by atoms with E-state index in [-0.39, 0.29) is 5.82 Å². The first-order valence-corrected chi connectivity index (χ1v) is 7.51. The maximum atomic E-state index is 13.7. The first-order valence-electron chi connectivity index (χ1n) is 7.51. The smallest absolute Gasteiger partial charge is 0.127 e. The number of hydrogen-bond donors (Lipinski definition) is 0. The minimum Gasteiger partial charge on any atom is -0.488 e. The molecule has 0 N–H and O–H groups in total. The van der Waals surface area contributed by atoms with Crippen molar-refractivity contribution >= 4 is 5.57 Å². The lowest BCUT2D eigenvalue weighted by Gasteiger charge is -2.12. The van der Waals surface area contributed by atoms with Crippen molar-refractivity contribution in [3.8, 4) is 5.75 Å². The van der Waals surface area contributed by atoms with Crippen LogP contribution in [0.3, 0.4) is 0 Å². The van der Waals surface area contributed by atoms with Crippen molar-refractivity contribution in [2.24, 2.45) is 0 Å². The maximum absolute atomic E-state index is 13.7. The van der Waals surface area contributed by atoms with Crippen molar-refractivity contribution in [3.63, 3.8) is 0 Å². The van der Waals surface area contributed by atoms with Gasteiger partial charge in [0, 0.05) is 12.1 Å². The van der Waals surface area contributed by atoms with Crippen LogP contribution in [0.4, 0.5) is 4.39 Å². The summed E-state index contributed by atoms with van der Waals surface area (Å²) in [5.74, 6) is 0.508. The lowest BCUT2D eigenvalue weighted by Crippen LogP contribution is -2.12. The molecule has 0 atom stereocenters. The minimum atomic E-state index is -0.236. The quantitative estimate of drug-likeness (QED) is 0.845. The third-order valence-electron chi connectivity index (χ3n) is 3.85. The molecule has 0 saturated heterocycles. The molecule has 2 aromatic carbocycles. The van der Waals surface area contributed by atoms with Crippen LogP contribution in [-0.2, 0) is 6.61 Å². The lowest BCUT2D eigenvalue weighted by molar-refractivity contribution is 0.307. The number of fused-ring (bicyclic) bond motifs is 2. The Labute approximate surface area is 130 Å². The molecule has 114 valence electrons. The van der Waals surface area contributed by atoms with Crippen LogP contribution in [0.15, 0.2) is 48.5 Å². The fourth-order valence-corrected chi connectivity index (χ4v) is 2.74. The van der Waals surface area contributed by atoms with E-state index in [0.717, 1.165) is 41.0 Å². The fourth-order valence-electron chi connectivity index (χ4n) is 2.74. The summed E-state index contributed by atoms with van der Waals surface area (Å²) >= 11 is 0. The number of halogens is 1. The first-order chi connectivity index (χ1) is 10.6. The third kappa shape index (κ3) is 3.04. The second-order valence-electron chi connectivity index (χ2n) is 5.80. The second-order valence-corrected chi connectivity index (χ2v) is 5.80. The Hall–Kier alpha value is -2.13. The minimum absolute atomic E-state index is 0.236. The molecule has 0 amide bonds. The molecule has 1 aliphatic rings. The van der Waals surface area contributed by atoms with E-state index < -0.39 is 0 Å². The van der Waals surface area contributed by atoms with Crippen LogP contribution in [0.5, 0.6) is 5.75 Å². The molecule has 0 fully saturated rings. The summed E-state index contributed by atoms with van der Waals surface area (Å²) in [5.41, 5.74) is 4.16. The number of rotatable bonds is 3. The van der Waals surface area contributed by atoms with Gasteiger partial charge < -0.3 is 9.64 Å². The van der Waals surface area contributed by atoms with E-state index in [1.165, 1.54) is 6.07 Å². The average molecular weight is 297 g/mol. The number of hydrogen-bond acceptors (Lipinski definition) is 2. The number of nitrogens with zero attached hydrogens (tertiary/aromatic N) is 1. The molecule has 22 heavy (non-hydrogen) atoms. The highest BCUT2D eigenvalue weighted by Gasteiger charge is 2.19. The van der Waals surface area contributed by atoms with Crippen molar-refractivity contribution in [1.29, 1.82) is 0 Å². The highest BCUT2D eigenvalue weighted by Crippen LogP contribution is 2.37. The molecule has 0 bridgehead atoms. The summed E-state index contributed by atoms with van der Waals surface area (Å²) in [7, 11) is 4.10. The molecular formula is C19H20FNO. The molecule has 0 spiro atoms. The second kappa shape index (κ2) is 6.32. The van der Waals surface area contributed by atoms with Crippen LogP contribution < -0.4 is 4.74 Å². The Morgan fingerprint density at radius 1 is 1.14 bits per heavy atom. The summed E-state index contributed by atoms with van der Waals surface area (Å²) in [6, 6.07) is 12.9. The van der Waals surface area contributed by atoms with E-state index in [1.54, 1.807) is 12.1 Å². The van der Waals surface area contributed by atoms with Crippen molar-refractivity contribution in [3.05, 3.63) is 71.0 Å². The standard InChI is InChI=1S/C19H20FNO/c1-21(2)11-5-8-17-16-7-4-3-6-14(16)13-22-19-10-9-15(20)12-18(17)19/h3-4,6-10,12H,5,11,13H2,1-2H3/b17-8-. The summed E-state index contributed by atoms with van der Waals surface area (Å²) in [6.45, 7) is 1.47. The van der Waals surface area contributed by atoms with Crippen LogP contribution in [0.2, 0.25) is 0 Å². The van der Waals surface area contributed by atoms with Gasteiger partial charge in [-0.25, -0.2) is 4.39 Å². The predicted molar refractivity (Wildman–Crippen MR) is 87.4 cm³/mol. The zero-order chi connectivity index (χ0) is 15.5. The van der Waals surface area contributed by atoms with Crippen molar-refractivity contribution in [1.82, 2.24) is 4.90 Å². The van der Waals surface area contributed by atoms with E-state index in [1.807, 2.05) is 12.1 Å². The van der Waals surface area contributed by atoms with Crippen LogP contribution in [0.25, 0.3) is 5.57 Å². The highest BCUT2D eigenvalue weighted by atomic mass is 19.1. The van der Waals surface area contributed by atoms with Gasteiger partial charge in [-0.2, -0.15) is 0 Å². The topological polar surface area (TPSA) is 12.5 Å². The van der Waals surface area contributed by atoms with Gasteiger partial charge in [-0.05, 0) is 55.4 Å². The van der Waals surface area contributed by atoms with Crippen molar-refractivity contribution in [2.75, 3.05) is 20.6 Å². The van der Waals surface area contributed by atoms with Gasteiger partial charge in [-0.3, -0.25) is 0 Å². The van der Waals surface area contributed by atoms with Crippen LogP contribution >= 0.6 is 0 Å². The van der Waals surface area contributed by atoms with E-state index in [2.05, 4.69) is 37.2 Å². The van der Waals surface area contributed by atoms with Crippen molar-refractivity contribution < 1.29 is 9.13 Å². The summed E-state index contributed by atoms with van der Waals surface area (Å²) in [4.78, 5) is 2.14. The Morgan fingerprint density at radius 3 is 2.77 bits per heavy atom. The molecule has 1 aliphatic heterocycles. The molecule has 0 saturated carbocycles. The molecule has 0 aliphatic carbocycles. The molecule has 3 heteroatoms.